The van der Waals surface area contributed by atoms with Crippen molar-refractivity contribution < 1.29 is 9.53 Å². The maximum absolute atomic E-state index is 11.1. The molecule has 1 atom stereocenters. The van der Waals surface area contributed by atoms with Crippen molar-refractivity contribution in [3.63, 3.8) is 0 Å². The maximum atomic E-state index is 11.1. The lowest BCUT2D eigenvalue weighted by Gasteiger charge is -2.14. The van der Waals surface area contributed by atoms with Crippen LogP contribution in [0.2, 0.25) is 5.02 Å². The molecular weight excluding hydrogens is 250 g/mol. The van der Waals surface area contributed by atoms with Crippen LogP contribution in [0.1, 0.15) is 25.5 Å². The molecule has 0 bridgehead atoms. The normalized spacial score (nSPS) is 12.6. The SMILES string of the molecule is CCOC(=O)/C=C/CN[C@H](C)c1ccccc1Cl. The van der Waals surface area contributed by atoms with Crippen LogP contribution in [0.3, 0.4) is 0 Å². The number of hydrogen-bond donors (Lipinski definition) is 1. The first kappa shape index (κ1) is 14.7. The average Bonchev–Trinajstić information content (AvgIpc) is 2.35. The number of halogens is 1. The molecule has 1 rings (SSSR count). The highest BCUT2D eigenvalue weighted by atomic mass is 35.5. The first-order chi connectivity index (χ1) is 8.65. The van der Waals surface area contributed by atoms with Crippen LogP contribution in [0, 0.1) is 0 Å². The van der Waals surface area contributed by atoms with Crippen molar-refractivity contribution in [1.82, 2.24) is 5.32 Å². The van der Waals surface area contributed by atoms with Gasteiger partial charge in [-0.1, -0.05) is 35.9 Å². The summed E-state index contributed by atoms with van der Waals surface area (Å²) in [7, 11) is 0. The van der Waals surface area contributed by atoms with Crippen molar-refractivity contribution in [2.75, 3.05) is 13.2 Å². The van der Waals surface area contributed by atoms with Crippen LogP contribution in [0.4, 0.5) is 0 Å². The highest BCUT2D eigenvalue weighted by molar-refractivity contribution is 6.31. The lowest BCUT2D eigenvalue weighted by atomic mass is 10.1. The summed E-state index contributed by atoms with van der Waals surface area (Å²) in [6.45, 7) is 4.79. The third kappa shape index (κ3) is 4.90. The second-order valence-electron chi connectivity index (χ2n) is 3.81. The Labute approximate surface area is 113 Å². The van der Waals surface area contributed by atoms with E-state index in [1.165, 1.54) is 6.08 Å². The number of carbonyl (C=O) groups excluding carboxylic acids is 1. The smallest absolute Gasteiger partial charge is 0.330 e. The molecule has 1 N–H and O–H groups in total. The van der Waals surface area contributed by atoms with E-state index in [4.69, 9.17) is 16.3 Å². The van der Waals surface area contributed by atoms with E-state index in [0.717, 1.165) is 10.6 Å². The highest BCUT2D eigenvalue weighted by Gasteiger charge is 2.06. The predicted molar refractivity (Wildman–Crippen MR) is 73.6 cm³/mol. The second-order valence-corrected chi connectivity index (χ2v) is 4.21. The number of hydrogen-bond acceptors (Lipinski definition) is 3. The summed E-state index contributed by atoms with van der Waals surface area (Å²) in [5.41, 5.74) is 1.05. The van der Waals surface area contributed by atoms with Gasteiger partial charge in [-0.3, -0.25) is 0 Å². The Morgan fingerprint density at radius 1 is 1.50 bits per heavy atom. The molecule has 4 heteroatoms. The summed E-state index contributed by atoms with van der Waals surface area (Å²) in [4.78, 5) is 11.1. The van der Waals surface area contributed by atoms with Crippen molar-refractivity contribution in [2.24, 2.45) is 0 Å². The predicted octanol–water partition coefficient (Wildman–Crippen LogP) is 3.11. The fraction of sp³-hybridized carbons (Fsp3) is 0.357. The van der Waals surface area contributed by atoms with E-state index in [0.29, 0.717) is 13.2 Å². The topological polar surface area (TPSA) is 38.3 Å². The lowest BCUT2D eigenvalue weighted by molar-refractivity contribution is -0.137. The number of benzene rings is 1. The Bertz CT molecular complexity index is 418. The molecule has 0 aliphatic heterocycles. The van der Waals surface area contributed by atoms with E-state index < -0.39 is 0 Å². The van der Waals surface area contributed by atoms with Gasteiger partial charge in [0.05, 0.1) is 6.61 Å². The van der Waals surface area contributed by atoms with Crippen molar-refractivity contribution in [3.8, 4) is 0 Å². The summed E-state index contributed by atoms with van der Waals surface area (Å²) in [5.74, 6) is -0.315. The Kier molecular flexibility index (Phi) is 6.47. The van der Waals surface area contributed by atoms with Gasteiger partial charge in [0.1, 0.15) is 0 Å². The van der Waals surface area contributed by atoms with Crippen LogP contribution < -0.4 is 5.32 Å². The molecule has 0 aromatic heterocycles. The molecule has 0 radical (unpaired) electrons. The number of esters is 1. The fourth-order valence-corrected chi connectivity index (χ4v) is 1.83. The van der Waals surface area contributed by atoms with Crippen molar-refractivity contribution >= 4 is 17.6 Å². The summed E-state index contributed by atoms with van der Waals surface area (Å²) >= 11 is 6.09. The Morgan fingerprint density at radius 2 is 2.22 bits per heavy atom. The van der Waals surface area contributed by atoms with E-state index >= 15 is 0 Å². The third-order valence-electron chi connectivity index (χ3n) is 2.45. The molecule has 0 saturated carbocycles. The second kappa shape index (κ2) is 7.90. The van der Waals surface area contributed by atoms with Gasteiger partial charge in [-0.2, -0.15) is 0 Å². The first-order valence-electron chi connectivity index (χ1n) is 5.96. The molecule has 0 aliphatic rings. The van der Waals surface area contributed by atoms with Gasteiger partial charge in [0.2, 0.25) is 0 Å². The zero-order valence-corrected chi connectivity index (χ0v) is 11.4. The lowest BCUT2D eigenvalue weighted by Crippen LogP contribution is -2.19. The molecule has 98 valence electrons. The molecule has 0 spiro atoms. The molecule has 3 nitrogen and oxygen atoms in total. The number of rotatable bonds is 6. The van der Waals surface area contributed by atoms with Crippen LogP contribution in [-0.2, 0) is 9.53 Å². The molecule has 0 unspecified atom stereocenters. The van der Waals surface area contributed by atoms with Gasteiger partial charge in [0.25, 0.3) is 0 Å². The van der Waals surface area contributed by atoms with Gasteiger partial charge >= 0.3 is 5.97 Å². The monoisotopic (exact) mass is 267 g/mol. The van der Waals surface area contributed by atoms with Gasteiger partial charge in [-0.05, 0) is 25.5 Å². The molecule has 0 heterocycles. The summed E-state index contributed by atoms with van der Waals surface area (Å²) in [6.07, 6.45) is 3.17. The van der Waals surface area contributed by atoms with Crippen molar-refractivity contribution in [3.05, 3.63) is 47.0 Å². The molecule has 1 aromatic rings. The number of ether oxygens (including phenoxy) is 1. The molecule has 0 aliphatic carbocycles. The fourth-order valence-electron chi connectivity index (χ4n) is 1.53. The summed E-state index contributed by atoms with van der Waals surface area (Å²) in [5, 5.41) is 4.00. The number of carbonyl (C=O) groups is 1. The maximum Gasteiger partial charge on any atom is 0.330 e. The first-order valence-corrected chi connectivity index (χ1v) is 6.34. The van der Waals surface area contributed by atoms with Gasteiger partial charge in [-0.25, -0.2) is 4.79 Å². The molecule has 0 fully saturated rings. The summed E-state index contributed by atoms with van der Waals surface area (Å²) in [6, 6.07) is 7.83. The summed E-state index contributed by atoms with van der Waals surface area (Å²) < 4.78 is 4.78. The van der Waals surface area contributed by atoms with E-state index in [-0.39, 0.29) is 12.0 Å². The van der Waals surface area contributed by atoms with Gasteiger partial charge in [0, 0.05) is 23.7 Å². The molecule has 18 heavy (non-hydrogen) atoms. The third-order valence-corrected chi connectivity index (χ3v) is 2.80. The van der Waals surface area contributed by atoms with E-state index in [2.05, 4.69) is 5.32 Å². The van der Waals surface area contributed by atoms with Crippen LogP contribution in [0.25, 0.3) is 0 Å². The minimum Gasteiger partial charge on any atom is -0.463 e. The standard InChI is InChI=1S/C14H18ClNO2/c1-3-18-14(17)9-6-10-16-11(2)12-7-4-5-8-13(12)15/h4-9,11,16H,3,10H2,1-2H3/b9-6+/t11-/m1/s1. The van der Waals surface area contributed by atoms with Crippen LogP contribution >= 0.6 is 11.6 Å². The molecule has 0 saturated heterocycles. The Hall–Kier alpha value is -1.32. The highest BCUT2D eigenvalue weighted by Crippen LogP contribution is 2.21. The Balaban J connectivity index is 2.40. The van der Waals surface area contributed by atoms with Crippen LogP contribution in [0.15, 0.2) is 36.4 Å². The van der Waals surface area contributed by atoms with Crippen LogP contribution in [-0.4, -0.2) is 19.1 Å². The molecule has 1 aromatic carbocycles. The van der Waals surface area contributed by atoms with E-state index in [1.807, 2.05) is 31.2 Å². The van der Waals surface area contributed by atoms with Crippen molar-refractivity contribution in [1.29, 1.82) is 0 Å². The molecular formula is C14H18ClNO2. The van der Waals surface area contributed by atoms with Crippen molar-refractivity contribution in [2.45, 2.75) is 19.9 Å². The largest absolute Gasteiger partial charge is 0.463 e. The minimum atomic E-state index is -0.315. The van der Waals surface area contributed by atoms with Crippen LogP contribution in [0.5, 0.6) is 0 Å². The van der Waals surface area contributed by atoms with Gasteiger partial charge in [-0.15, -0.1) is 0 Å². The zero-order valence-electron chi connectivity index (χ0n) is 10.7. The zero-order chi connectivity index (χ0) is 13.4. The number of nitrogens with one attached hydrogen (secondary N) is 1. The minimum absolute atomic E-state index is 0.130. The van der Waals surface area contributed by atoms with Gasteiger partial charge < -0.3 is 10.1 Å². The average molecular weight is 268 g/mol. The van der Waals surface area contributed by atoms with E-state index in [1.54, 1.807) is 13.0 Å². The van der Waals surface area contributed by atoms with Gasteiger partial charge in [0.15, 0.2) is 0 Å². The quantitative estimate of drug-likeness (QED) is 0.636. The molecule has 0 amide bonds. The Morgan fingerprint density at radius 3 is 2.89 bits per heavy atom. The van der Waals surface area contributed by atoms with E-state index in [9.17, 15) is 4.79 Å².